The number of furan rings is 1. The van der Waals surface area contributed by atoms with E-state index in [0.717, 1.165) is 24.0 Å². The Morgan fingerprint density at radius 3 is 2.38 bits per heavy atom. The summed E-state index contributed by atoms with van der Waals surface area (Å²) >= 11 is 0. The Kier molecular flexibility index (Phi) is 5.03. The topological polar surface area (TPSA) is 42.4 Å². The van der Waals surface area contributed by atoms with Gasteiger partial charge in [-0.3, -0.25) is 4.90 Å². The molecule has 0 saturated carbocycles. The van der Waals surface area contributed by atoms with Crippen molar-refractivity contribution in [2.75, 3.05) is 7.05 Å². The molecule has 1 aromatic rings. The molecule has 0 spiro atoms. The first-order valence-electron chi connectivity index (χ1n) is 6.00. The van der Waals surface area contributed by atoms with Gasteiger partial charge in [0.1, 0.15) is 11.5 Å². The molecule has 0 radical (unpaired) electrons. The summed E-state index contributed by atoms with van der Waals surface area (Å²) in [6.45, 7) is 8.10. The molecule has 0 aliphatic rings. The predicted molar refractivity (Wildman–Crippen MR) is 67.0 cm³/mol. The lowest BCUT2D eigenvalue weighted by atomic mass is 10.0. The molecule has 16 heavy (non-hydrogen) atoms. The predicted octanol–water partition coefficient (Wildman–Crippen LogP) is 2.60. The minimum absolute atomic E-state index is 0.477. The van der Waals surface area contributed by atoms with Crippen LogP contribution < -0.4 is 5.73 Å². The summed E-state index contributed by atoms with van der Waals surface area (Å²) in [5.41, 5.74) is 5.51. The van der Waals surface area contributed by atoms with Crippen molar-refractivity contribution in [3.63, 3.8) is 0 Å². The zero-order valence-corrected chi connectivity index (χ0v) is 10.9. The van der Waals surface area contributed by atoms with Crippen LogP contribution in [0.25, 0.3) is 0 Å². The molecule has 0 amide bonds. The maximum absolute atomic E-state index is 5.59. The highest BCUT2D eigenvalue weighted by Crippen LogP contribution is 2.14. The minimum Gasteiger partial charge on any atom is -0.463 e. The van der Waals surface area contributed by atoms with Crippen molar-refractivity contribution < 1.29 is 4.42 Å². The first kappa shape index (κ1) is 13.3. The highest BCUT2D eigenvalue weighted by Gasteiger charge is 2.12. The number of nitrogens with two attached hydrogens (primary N) is 1. The second-order valence-corrected chi connectivity index (χ2v) is 4.97. The Morgan fingerprint density at radius 1 is 1.25 bits per heavy atom. The van der Waals surface area contributed by atoms with E-state index >= 15 is 0 Å². The molecule has 2 N–H and O–H groups in total. The normalized spacial score (nSPS) is 13.7. The summed E-state index contributed by atoms with van der Waals surface area (Å²) < 4.78 is 5.59. The number of hydrogen-bond acceptors (Lipinski definition) is 3. The van der Waals surface area contributed by atoms with Crippen molar-refractivity contribution in [3.05, 3.63) is 23.7 Å². The average molecular weight is 224 g/mol. The van der Waals surface area contributed by atoms with Gasteiger partial charge in [-0.2, -0.15) is 0 Å². The van der Waals surface area contributed by atoms with Gasteiger partial charge in [0.15, 0.2) is 0 Å². The number of nitrogens with zero attached hydrogens (tertiary/aromatic N) is 1. The van der Waals surface area contributed by atoms with Crippen molar-refractivity contribution in [3.8, 4) is 0 Å². The van der Waals surface area contributed by atoms with E-state index in [-0.39, 0.29) is 0 Å². The Labute approximate surface area is 98.6 Å². The lowest BCUT2D eigenvalue weighted by Crippen LogP contribution is -2.29. The van der Waals surface area contributed by atoms with E-state index in [1.165, 1.54) is 6.42 Å². The van der Waals surface area contributed by atoms with E-state index < -0.39 is 0 Å². The summed E-state index contributed by atoms with van der Waals surface area (Å²) in [7, 11) is 2.14. The second kappa shape index (κ2) is 6.06. The molecule has 3 heteroatoms. The van der Waals surface area contributed by atoms with Gasteiger partial charge in [0.05, 0.1) is 13.1 Å². The van der Waals surface area contributed by atoms with Crippen LogP contribution in [0, 0.1) is 5.92 Å². The van der Waals surface area contributed by atoms with Gasteiger partial charge in [-0.25, -0.2) is 0 Å². The molecule has 0 saturated heterocycles. The third-order valence-electron chi connectivity index (χ3n) is 2.89. The molecule has 0 aliphatic heterocycles. The fraction of sp³-hybridized carbons (Fsp3) is 0.692. The smallest absolute Gasteiger partial charge is 0.118 e. The Hall–Kier alpha value is -0.800. The quantitative estimate of drug-likeness (QED) is 0.807. The van der Waals surface area contributed by atoms with Crippen molar-refractivity contribution in [1.82, 2.24) is 4.90 Å². The number of hydrogen-bond donors (Lipinski definition) is 1. The van der Waals surface area contributed by atoms with Crippen LogP contribution >= 0.6 is 0 Å². The van der Waals surface area contributed by atoms with Crippen molar-refractivity contribution in [2.45, 2.75) is 46.3 Å². The molecule has 1 aromatic heterocycles. The molecule has 92 valence electrons. The van der Waals surface area contributed by atoms with Crippen LogP contribution in [0.4, 0.5) is 0 Å². The van der Waals surface area contributed by atoms with Crippen molar-refractivity contribution in [2.24, 2.45) is 11.7 Å². The SMILES string of the molecule is CC(C)CC(C)N(C)Cc1ccc(CN)o1. The molecular weight excluding hydrogens is 200 g/mol. The molecular formula is C13H24N2O. The maximum atomic E-state index is 5.59. The Balaban J connectivity index is 2.46. The fourth-order valence-electron chi connectivity index (χ4n) is 1.88. The van der Waals surface area contributed by atoms with E-state index in [1.54, 1.807) is 0 Å². The van der Waals surface area contributed by atoms with Crippen LogP contribution in [0.3, 0.4) is 0 Å². The molecule has 0 aliphatic carbocycles. The van der Waals surface area contributed by atoms with Crippen LogP contribution in [-0.4, -0.2) is 18.0 Å². The van der Waals surface area contributed by atoms with E-state index in [2.05, 4.69) is 32.7 Å². The van der Waals surface area contributed by atoms with Gasteiger partial charge in [-0.15, -0.1) is 0 Å². The second-order valence-electron chi connectivity index (χ2n) is 4.97. The summed E-state index contributed by atoms with van der Waals surface area (Å²) in [6.07, 6.45) is 1.21. The summed E-state index contributed by atoms with van der Waals surface area (Å²) in [4.78, 5) is 2.32. The third kappa shape index (κ3) is 3.99. The van der Waals surface area contributed by atoms with Crippen LogP contribution in [0.5, 0.6) is 0 Å². The van der Waals surface area contributed by atoms with Crippen LogP contribution in [0.2, 0.25) is 0 Å². The number of rotatable bonds is 6. The van der Waals surface area contributed by atoms with Gasteiger partial charge < -0.3 is 10.2 Å². The van der Waals surface area contributed by atoms with Gasteiger partial charge in [0.25, 0.3) is 0 Å². The fourth-order valence-corrected chi connectivity index (χ4v) is 1.88. The van der Waals surface area contributed by atoms with Crippen molar-refractivity contribution >= 4 is 0 Å². The zero-order chi connectivity index (χ0) is 12.1. The molecule has 1 unspecified atom stereocenters. The molecule has 0 aromatic carbocycles. The van der Waals surface area contributed by atoms with E-state index in [0.29, 0.717) is 12.6 Å². The summed E-state index contributed by atoms with van der Waals surface area (Å²) in [5.74, 6) is 2.59. The molecule has 1 rings (SSSR count). The standard InChI is InChI=1S/C13H24N2O/c1-10(2)7-11(3)15(4)9-13-6-5-12(8-14)16-13/h5-6,10-11H,7-9,14H2,1-4H3. The average Bonchev–Trinajstić information content (AvgIpc) is 2.64. The molecule has 0 fully saturated rings. The van der Waals surface area contributed by atoms with Crippen LogP contribution in [-0.2, 0) is 13.1 Å². The first-order chi connectivity index (χ1) is 7.52. The summed E-state index contributed by atoms with van der Waals surface area (Å²) in [5, 5.41) is 0. The lowest BCUT2D eigenvalue weighted by Gasteiger charge is -2.25. The molecule has 1 atom stereocenters. The van der Waals surface area contributed by atoms with Gasteiger partial charge >= 0.3 is 0 Å². The molecule has 0 bridgehead atoms. The van der Waals surface area contributed by atoms with Crippen molar-refractivity contribution in [1.29, 1.82) is 0 Å². The molecule has 3 nitrogen and oxygen atoms in total. The first-order valence-corrected chi connectivity index (χ1v) is 6.00. The monoisotopic (exact) mass is 224 g/mol. The highest BCUT2D eigenvalue weighted by molar-refractivity contribution is 5.06. The largest absolute Gasteiger partial charge is 0.463 e. The lowest BCUT2D eigenvalue weighted by molar-refractivity contribution is 0.204. The molecule has 1 heterocycles. The Bertz CT molecular complexity index is 307. The van der Waals surface area contributed by atoms with Crippen LogP contribution in [0.15, 0.2) is 16.5 Å². The highest BCUT2D eigenvalue weighted by atomic mass is 16.3. The zero-order valence-electron chi connectivity index (χ0n) is 10.9. The van der Waals surface area contributed by atoms with E-state index in [4.69, 9.17) is 10.2 Å². The maximum Gasteiger partial charge on any atom is 0.118 e. The summed E-state index contributed by atoms with van der Waals surface area (Å²) in [6, 6.07) is 4.54. The van der Waals surface area contributed by atoms with E-state index in [1.807, 2.05) is 12.1 Å². The van der Waals surface area contributed by atoms with Gasteiger partial charge in [-0.1, -0.05) is 13.8 Å². The minimum atomic E-state index is 0.477. The van der Waals surface area contributed by atoms with Gasteiger partial charge in [0.2, 0.25) is 0 Å². The van der Waals surface area contributed by atoms with Gasteiger partial charge in [-0.05, 0) is 38.4 Å². The van der Waals surface area contributed by atoms with Gasteiger partial charge in [0, 0.05) is 6.04 Å². The third-order valence-corrected chi connectivity index (χ3v) is 2.89. The Morgan fingerprint density at radius 2 is 1.88 bits per heavy atom. The van der Waals surface area contributed by atoms with E-state index in [9.17, 15) is 0 Å². The van der Waals surface area contributed by atoms with Crippen LogP contribution in [0.1, 0.15) is 38.7 Å².